The quantitative estimate of drug-likeness (QED) is 0.733. The molecule has 28 heavy (non-hydrogen) atoms. The first kappa shape index (κ1) is 20.1. The maximum Gasteiger partial charge on any atom is 0.254 e. The van der Waals surface area contributed by atoms with E-state index in [1.165, 1.54) is 6.07 Å². The molecule has 0 aromatic heterocycles. The van der Waals surface area contributed by atoms with E-state index >= 15 is 0 Å². The lowest BCUT2D eigenvalue weighted by molar-refractivity contribution is 0.0635. The Kier molecular flexibility index (Phi) is 6.87. The number of nitrogens with zero attached hydrogens (tertiary/aromatic N) is 2. The molecule has 0 aliphatic carbocycles. The normalized spacial score (nSPS) is 14.8. The van der Waals surface area contributed by atoms with Crippen molar-refractivity contribution in [2.24, 2.45) is 0 Å². The Morgan fingerprint density at radius 2 is 1.75 bits per heavy atom. The number of piperazine rings is 1. The number of aryl methyl sites for hydroxylation is 1. The van der Waals surface area contributed by atoms with E-state index in [1.54, 1.807) is 44.6 Å². The van der Waals surface area contributed by atoms with E-state index in [-0.39, 0.29) is 11.7 Å². The highest BCUT2D eigenvalue weighted by Crippen LogP contribution is 2.28. The van der Waals surface area contributed by atoms with Crippen molar-refractivity contribution >= 4 is 5.91 Å². The van der Waals surface area contributed by atoms with Gasteiger partial charge in [-0.05, 0) is 55.3 Å². The molecule has 0 atom stereocenters. The van der Waals surface area contributed by atoms with Crippen LogP contribution in [0, 0.1) is 5.82 Å². The zero-order valence-electron chi connectivity index (χ0n) is 16.5. The van der Waals surface area contributed by atoms with Crippen molar-refractivity contribution < 1.29 is 18.7 Å². The Labute approximate surface area is 165 Å². The molecule has 1 amide bonds. The van der Waals surface area contributed by atoms with Crippen LogP contribution in [0.1, 0.15) is 22.3 Å². The van der Waals surface area contributed by atoms with Gasteiger partial charge in [-0.2, -0.15) is 0 Å². The lowest BCUT2D eigenvalue weighted by atomic mass is 10.1. The van der Waals surface area contributed by atoms with Gasteiger partial charge in [-0.1, -0.05) is 12.1 Å². The van der Waals surface area contributed by atoms with Crippen molar-refractivity contribution in [1.29, 1.82) is 0 Å². The molecule has 0 unspecified atom stereocenters. The van der Waals surface area contributed by atoms with Gasteiger partial charge in [-0.15, -0.1) is 0 Å². The number of amides is 1. The lowest BCUT2D eigenvalue weighted by Crippen LogP contribution is -2.48. The Morgan fingerprint density at radius 1 is 1.00 bits per heavy atom. The van der Waals surface area contributed by atoms with Gasteiger partial charge in [-0.25, -0.2) is 4.39 Å². The molecule has 1 aliphatic heterocycles. The molecule has 2 aromatic carbocycles. The van der Waals surface area contributed by atoms with Crippen molar-refractivity contribution in [2.75, 3.05) is 46.9 Å². The molecule has 0 saturated carbocycles. The van der Waals surface area contributed by atoms with Crippen LogP contribution in [0.5, 0.6) is 11.5 Å². The van der Waals surface area contributed by atoms with Crippen LogP contribution in [-0.4, -0.2) is 62.7 Å². The summed E-state index contributed by atoms with van der Waals surface area (Å²) in [7, 11) is 3.14. The predicted octanol–water partition coefficient (Wildman–Crippen LogP) is 3.23. The number of hydrogen-bond acceptors (Lipinski definition) is 4. The van der Waals surface area contributed by atoms with E-state index in [4.69, 9.17) is 9.47 Å². The average molecular weight is 386 g/mol. The van der Waals surface area contributed by atoms with E-state index in [9.17, 15) is 9.18 Å². The summed E-state index contributed by atoms with van der Waals surface area (Å²) in [6.07, 6.45) is 1.84. The van der Waals surface area contributed by atoms with E-state index < -0.39 is 0 Å². The minimum Gasteiger partial charge on any atom is -0.493 e. The summed E-state index contributed by atoms with van der Waals surface area (Å²) >= 11 is 0. The number of methoxy groups -OCH3 is 2. The molecule has 0 N–H and O–H groups in total. The number of ether oxygens (including phenoxy) is 2. The highest BCUT2D eigenvalue weighted by atomic mass is 19.1. The van der Waals surface area contributed by atoms with E-state index in [0.29, 0.717) is 30.2 Å². The second kappa shape index (κ2) is 9.55. The van der Waals surface area contributed by atoms with Gasteiger partial charge in [0.15, 0.2) is 11.5 Å². The van der Waals surface area contributed by atoms with Crippen molar-refractivity contribution in [1.82, 2.24) is 9.80 Å². The fourth-order valence-electron chi connectivity index (χ4n) is 3.53. The standard InChI is InChI=1S/C22H27FN2O3/c1-27-20-9-8-18(16-21(20)28-2)22(26)25-13-11-24(12-14-25)10-4-6-17-5-3-7-19(23)15-17/h3,5,7-9,15-16H,4,6,10-14H2,1-2H3. The third-order valence-electron chi connectivity index (χ3n) is 5.12. The molecule has 5 nitrogen and oxygen atoms in total. The molecule has 6 heteroatoms. The molecule has 0 radical (unpaired) electrons. The third-order valence-corrected chi connectivity index (χ3v) is 5.12. The van der Waals surface area contributed by atoms with Gasteiger partial charge in [-0.3, -0.25) is 9.69 Å². The van der Waals surface area contributed by atoms with Gasteiger partial charge in [0.25, 0.3) is 5.91 Å². The van der Waals surface area contributed by atoms with E-state index in [2.05, 4.69) is 4.90 Å². The maximum atomic E-state index is 13.2. The molecule has 1 aliphatic rings. The van der Waals surface area contributed by atoms with Crippen molar-refractivity contribution in [2.45, 2.75) is 12.8 Å². The highest BCUT2D eigenvalue weighted by Gasteiger charge is 2.22. The molecule has 1 heterocycles. The topological polar surface area (TPSA) is 42.0 Å². The van der Waals surface area contributed by atoms with Gasteiger partial charge in [0.05, 0.1) is 14.2 Å². The Bertz CT molecular complexity index is 804. The van der Waals surface area contributed by atoms with Gasteiger partial charge in [0, 0.05) is 31.7 Å². The van der Waals surface area contributed by atoms with Crippen molar-refractivity contribution in [3.8, 4) is 11.5 Å². The van der Waals surface area contributed by atoms with Crippen LogP contribution in [-0.2, 0) is 6.42 Å². The summed E-state index contributed by atoms with van der Waals surface area (Å²) in [5.41, 5.74) is 1.64. The first-order chi connectivity index (χ1) is 13.6. The molecule has 1 saturated heterocycles. The number of hydrogen-bond donors (Lipinski definition) is 0. The first-order valence-electron chi connectivity index (χ1n) is 9.59. The van der Waals surface area contributed by atoms with Gasteiger partial charge < -0.3 is 14.4 Å². The highest BCUT2D eigenvalue weighted by molar-refractivity contribution is 5.95. The summed E-state index contributed by atoms with van der Waals surface area (Å²) < 4.78 is 23.8. The zero-order valence-corrected chi connectivity index (χ0v) is 16.5. The summed E-state index contributed by atoms with van der Waals surface area (Å²) in [5.74, 6) is 1.01. The van der Waals surface area contributed by atoms with E-state index in [1.807, 2.05) is 11.0 Å². The van der Waals surface area contributed by atoms with Crippen LogP contribution in [0.3, 0.4) is 0 Å². The van der Waals surface area contributed by atoms with E-state index in [0.717, 1.165) is 38.0 Å². The predicted molar refractivity (Wildman–Crippen MR) is 107 cm³/mol. The Balaban J connectivity index is 1.47. The van der Waals surface area contributed by atoms with Crippen LogP contribution < -0.4 is 9.47 Å². The second-order valence-electron chi connectivity index (χ2n) is 6.94. The summed E-state index contributed by atoms with van der Waals surface area (Å²) in [5, 5.41) is 0. The largest absolute Gasteiger partial charge is 0.493 e. The maximum absolute atomic E-state index is 13.2. The number of carbonyl (C=O) groups is 1. The zero-order chi connectivity index (χ0) is 19.9. The minimum absolute atomic E-state index is 0.0142. The minimum atomic E-state index is -0.181. The first-order valence-corrected chi connectivity index (χ1v) is 9.59. The van der Waals surface area contributed by atoms with Crippen LogP contribution >= 0.6 is 0 Å². The van der Waals surface area contributed by atoms with Crippen molar-refractivity contribution in [3.63, 3.8) is 0 Å². The van der Waals surface area contributed by atoms with Crippen LogP contribution in [0.4, 0.5) is 4.39 Å². The summed E-state index contributed by atoms with van der Waals surface area (Å²) in [6.45, 7) is 4.06. The fourth-order valence-corrected chi connectivity index (χ4v) is 3.53. The fraction of sp³-hybridized carbons (Fsp3) is 0.409. The molecule has 1 fully saturated rings. The summed E-state index contributed by atoms with van der Waals surface area (Å²) in [6, 6.07) is 12.0. The Hall–Kier alpha value is -2.60. The van der Waals surface area contributed by atoms with Gasteiger partial charge in [0.1, 0.15) is 5.82 Å². The van der Waals surface area contributed by atoms with Crippen LogP contribution in [0.15, 0.2) is 42.5 Å². The molecule has 150 valence electrons. The van der Waals surface area contributed by atoms with Gasteiger partial charge in [0.2, 0.25) is 0 Å². The lowest BCUT2D eigenvalue weighted by Gasteiger charge is -2.34. The van der Waals surface area contributed by atoms with Crippen LogP contribution in [0.2, 0.25) is 0 Å². The van der Waals surface area contributed by atoms with Crippen molar-refractivity contribution in [3.05, 3.63) is 59.4 Å². The molecular formula is C22H27FN2O3. The second-order valence-corrected chi connectivity index (χ2v) is 6.94. The number of benzene rings is 2. The smallest absolute Gasteiger partial charge is 0.254 e. The number of halogens is 1. The summed E-state index contributed by atoms with van der Waals surface area (Å²) in [4.78, 5) is 17.0. The molecule has 3 rings (SSSR count). The molecule has 0 bridgehead atoms. The molecule has 0 spiro atoms. The number of carbonyl (C=O) groups excluding carboxylic acids is 1. The molecule has 2 aromatic rings. The van der Waals surface area contributed by atoms with Gasteiger partial charge >= 0.3 is 0 Å². The monoisotopic (exact) mass is 386 g/mol. The SMILES string of the molecule is COc1ccc(C(=O)N2CCN(CCCc3cccc(F)c3)CC2)cc1OC. The molecular weight excluding hydrogens is 359 g/mol. The Morgan fingerprint density at radius 3 is 2.43 bits per heavy atom. The van der Waals surface area contributed by atoms with Crippen LogP contribution in [0.25, 0.3) is 0 Å². The average Bonchev–Trinajstić information content (AvgIpc) is 2.73. The third kappa shape index (κ3) is 5.01. The number of rotatable bonds is 7.